The van der Waals surface area contributed by atoms with E-state index < -0.39 is 35.9 Å². The number of fused-ring (bicyclic) bond motifs is 1. The average Bonchev–Trinajstić information content (AvgIpc) is 3.06. The highest BCUT2D eigenvalue weighted by atomic mass is 16.7. The van der Waals surface area contributed by atoms with Gasteiger partial charge in [-0.1, -0.05) is 12.1 Å². The smallest absolute Gasteiger partial charge is 0.481 e. The molecule has 9 heteroatoms. The number of carbonyl (C=O) groups is 3. The summed E-state index contributed by atoms with van der Waals surface area (Å²) in [5.41, 5.74) is 0.619. The minimum absolute atomic E-state index is 0.0427. The lowest BCUT2D eigenvalue weighted by molar-refractivity contribution is -0.137. The van der Waals surface area contributed by atoms with Crippen molar-refractivity contribution >= 4 is 30.4 Å². The van der Waals surface area contributed by atoms with E-state index in [9.17, 15) is 14.4 Å². The van der Waals surface area contributed by atoms with Gasteiger partial charge in [0, 0.05) is 24.1 Å². The molecule has 1 aromatic rings. The molecule has 0 radical (unpaired) electrons. The lowest BCUT2D eigenvalue weighted by atomic mass is 9.78. The maximum absolute atomic E-state index is 13.1. The predicted octanol–water partition coefficient (Wildman–Crippen LogP) is 2.09. The fourth-order valence-electron chi connectivity index (χ4n) is 3.88. The zero-order valence-corrected chi connectivity index (χ0v) is 19.9. The Balaban J connectivity index is 1.84. The lowest BCUT2D eigenvalue weighted by Crippen LogP contribution is -2.52. The molecule has 0 spiro atoms. The molecular weight excluding hydrogens is 411 g/mol. The van der Waals surface area contributed by atoms with E-state index >= 15 is 0 Å². The van der Waals surface area contributed by atoms with E-state index in [4.69, 9.17) is 14.4 Å². The molecule has 1 fully saturated rings. The van der Waals surface area contributed by atoms with Gasteiger partial charge in [-0.2, -0.15) is 0 Å². The van der Waals surface area contributed by atoms with Crippen molar-refractivity contribution in [3.8, 4) is 0 Å². The fourth-order valence-corrected chi connectivity index (χ4v) is 3.88. The maximum atomic E-state index is 13.1. The molecule has 2 aliphatic rings. The molecule has 0 aliphatic carbocycles. The van der Waals surface area contributed by atoms with E-state index in [2.05, 4.69) is 5.32 Å². The molecule has 1 atom stereocenters. The van der Waals surface area contributed by atoms with Crippen LogP contribution >= 0.6 is 0 Å². The van der Waals surface area contributed by atoms with Crippen LogP contribution in [0, 0.1) is 0 Å². The van der Waals surface area contributed by atoms with E-state index in [0.29, 0.717) is 5.56 Å². The Labute approximate surface area is 189 Å². The molecule has 0 aromatic heterocycles. The van der Waals surface area contributed by atoms with Gasteiger partial charge in [-0.15, -0.1) is 0 Å². The number of rotatable bonds is 6. The summed E-state index contributed by atoms with van der Waals surface area (Å²) in [4.78, 5) is 38.7. The van der Waals surface area contributed by atoms with Crippen molar-refractivity contribution < 1.29 is 28.8 Å². The Morgan fingerprint density at radius 2 is 1.78 bits per heavy atom. The molecule has 1 aromatic carbocycles. The Kier molecular flexibility index (Phi) is 6.21. The van der Waals surface area contributed by atoms with Gasteiger partial charge in [-0.05, 0) is 72.0 Å². The Hall–Kier alpha value is -2.39. The summed E-state index contributed by atoms with van der Waals surface area (Å²) in [6.07, 6.45) is -0.164. The van der Waals surface area contributed by atoms with Crippen LogP contribution in [0.5, 0.6) is 0 Å². The normalized spacial score (nSPS) is 20.3. The van der Waals surface area contributed by atoms with Crippen LogP contribution in [0.3, 0.4) is 0 Å². The number of carboxylic acids is 1. The number of benzene rings is 1. The zero-order chi connectivity index (χ0) is 24.1. The molecule has 32 heavy (non-hydrogen) atoms. The number of hydrogen-bond acceptors (Lipinski definition) is 5. The fraction of sp³-hybridized carbons (Fsp3) is 0.609. The lowest BCUT2D eigenvalue weighted by Gasteiger charge is -2.32. The van der Waals surface area contributed by atoms with Crippen LogP contribution in [-0.2, 0) is 25.4 Å². The summed E-state index contributed by atoms with van der Waals surface area (Å²) in [6.45, 7) is 13.7. The van der Waals surface area contributed by atoms with Crippen LogP contribution in [0.25, 0.3) is 0 Å². The third kappa shape index (κ3) is 4.83. The van der Waals surface area contributed by atoms with Crippen molar-refractivity contribution in [3.63, 3.8) is 0 Å². The summed E-state index contributed by atoms with van der Waals surface area (Å²) in [6, 6.07) is 4.55. The maximum Gasteiger partial charge on any atom is 0.494 e. The van der Waals surface area contributed by atoms with Gasteiger partial charge in [-0.3, -0.25) is 14.4 Å². The molecule has 2 aliphatic heterocycles. The minimum Gasteiger partial charge on any atom is -0.481 e. The standard InChI is InChI=1S/C23H33BN2O6/c1-21(2,3)25-19(29)17(10-11-18(27)28)26-13-14-12-15(8-9-16(14)20(26)30)24-31-22(4,5)23(6,7)32-24/h8-9,12,17H,10-11,13H2,1-7H3,(H,25,29)(H,27,28). The first-order valence-electron chi connectivity index (χ1n) is 10.9. The van der Waals surface area contributed by atoms with Gasteiger partial charge in [0.05, 0.1) is 11.2 Å². The number of amides is 2. The SMILES string of the molecule is CC(C)(C)NC(=O)C(CCC(=O)O)N1Cc2cc(B3OC(C)(C)C(C)(C)O3)ccc2C1=O. The first-order chi connectivity index (χ1) is 14.6. The van der Waals surface area contributed by atoms with Gasteiger partial charge in [0.1, 0.15) is 6.04 Å². The predicted molar refractivity (Wildman–Crippen MR) is 121 cm³/mol. The van der Waals surface area contributed by atoms with Gasteiger partial charge in [0.25, 0.3) is 5.91 Å². The highest BCUT2D eigenvalue weighted by molar-refractivity contribution is 6.62. The number of carbonyl (C=O) groups excluding carboxylic acids is 2. The summed E-state index contributed by atoms with van der Waals surface area (Å²) in [7, 11) is -0.554. The van der Waals surface area contributed by atoms with E-state index in [0.717, 1.165) is 11.0 Å². The van der Waals surface area contributed by atoms with Crippen LogP contribution in [0.2, 0.25) is 0 Å². The van der Waals surface area contributed by atoms with Gasteiger partial charge in [0.2, 0.25) is 5.91 Å². The Bertz CT molecular complexity index is 921. The Morgan fingerprint density at radius 1 is 1.19 bits per heavy atom. The minimum atomic E-state index is -1.01. The molecule has 2 amide bonds. The van der Waals surface area contributed by atoms with Crippen molar-refractivity contribution in [1.29, 1.82) is 0 Å². The number of nitrogens with zero attached hydrogens (tertiary/aromatic N) is 1. The molecule has 1 unspecified atom stereocenters. The second-order valence-electron chi connectivity index (χ2n) is 10.6. The quantitative estimate of drug-likeness (QED) is 0.652. The summed E-state index contributed by atoms with van der Waals surface area (Å²) < 4.78 is 12.2. The molecule has 1 saturated heterocycles. The van der Waals surface area contributed by atoms with E-state index in [1.165, 1.54) is 4.90 Å². The molecule has 174 valence electrons. The average molecular weight is 444 g/mol. The molecule has 2 heterocycles. The van der Waals surface area contributed by atoms with Crippen molar-refractivity contribution in [1.82, 2.24) is 10.2 Å². The van der Waals surface area contributed by atoms with Gasteiger partial charge < -0.3 is 24.6 Å². The van der Waals surface area contributed by atoms with Crippen LogP contribution < -0.4 is 10.8 Å². The Morgan fingerprint density at radius 3 is 2.31 bits per heavy atom. The highest BCUT2D eigenvalue weighted by Gasteiger charge is 2.52. The van der Waals surface area contributed by atoms with Crippen molar-refractivity contribution in [2.75, 3.05) is 0 Å². The molecule has 0 bridgehead atoms. The molecule has 3 rings (SSSR count). The monoisotopic (exact) mass is 444 g/mol. The van der Waals surface area contributed by atoms with Crippen molar-refractivity contribution in [3.05, 3.63) is 29.3 Å². The second-order valence-corrected chi connectivity index (χ2v) is 10.6. The molecule has 2 N–H and O–H groups in total. The molecule has 8 nitrogen and oxygen atoms in total. The summed E-state index contributed by atoms with van der Waals surface area (Å²) in [5.74, 6) is -1.64. The third-order valence-corrected chi connectivity index (χ3v) is 6.30. The van der Waals surface area contributed by atoms with Crippen LogP contribution in [0.4, 0.5) is 0 Å². The number of hydrogen-bond donors (Lipinski definition) is 2. The van der Waals surface area contributed by atoms with Crippen LogP contribution in [0.15, 0.2) is 18.2 Å². The van der Waals surface area contributed by atoms with E-state index in [-0.39, 0.29) is 31.2 Å². The largest absolute Gasteiger partial charge is 0.494 e. The zero-order valence-electron chi connectivity index (χ0n) is 19.9. The van der Waals surface area contributed by atoms with Crippen molar-refractivity contribution in [2.24, 2.45) is 0 Å². The van der Waals surface area contributed by atoms with Crippen molar-refractivity contribution in [2.45, 2.75) is 90.6 Å². The first kappa shape index (κ1) is 24.3. The summed E-state index contributed by atoms with van der Waals surface area (Å²) in [5, 5.41) is 12.0. The van der Waals surface area contributed by atoms with E-state index in [1.807, 2.05) is 60.6 Å². The number of aliphatic carboxylic acids is 1. The molecular formula is C23H33BN2O6. The van der Waals surface area contributed by atoms with E-state index in [1.54, 1.807) is 6.07 Å². The topological polar surface area (TPSA) is 105 Å². The van der Waals surface area contributed by atoms with Gasteiger partial charge in [0.15, 0.2) is 0 Å². The molecule has 0 saturated carbocycles. The number of carboxylic acid groups (broad SMARTS) is 1. The second kappa shape index (κ2) is 8.19. The number of nitrogens with one attached hydrogen (secondary N) is 1. The summed E-state index contributed by atoms with van der Waals surface area (Å²) >= 11 is 0. The van der Waals surface area contributed by atoms with Gasteiger partial charge >= 0.3 is 13.1 Å². The van der Waals surface area contributed by atoms with Crippen LogP contribution in [-0.4, -0.2) is 57.7 Å². The first-order valence-corrected chi connectivity index (χ1v) is 10.9. The highest BCUT2D eigenvalue weighted by Crippen LogP contribution is 2.37. The van der Waals surface area contributed by atoms with Crippen LogP contribution in [0.1, 0.15) is 77.2 Å². The van der Waals surface area contributed by atoms with Gasteiger partial charge in [-0.25, -0.2) is 0 Å². The third-order valence-electron chi connectivity index (χ3n) is 6.30.